The molecule has 0 saturated heterocycles. The molecule has 1 unspecified atom stereocenters. The van der Waals surface area contributed by atoms with Gasteiger partial charge in [-0.05, 0) is 30.7 Å². The van der Waals surface area contributed by atoms with Crippen molar-refractivity contribution in [3.8, 4) is 0 Å². The molecule has 3 aromatic rings. The number of nitrogens with two attached hydrogens (primary N) is 1. The third-order valence-corrected chi connectivity index (χ3v) is 4.30. The zero-order chi connectivity index (χ0) is 18.0. The minimum absolute atomic E-state index is 0.228. The second-order valence-electron chi connectivity index (χ2n) is 6.15. The number of benzene rings is 2. The number of hydrogen-bond acceptors (Lipinski definition) is 3. The van der Waals surface area contributed by atoms with Crippen LogP contribution in [-0.2, 0) is 18.3 Å². The maximum atomic E-state index is 13.3. The molecule has 1 aromatic heterocycles. The molecule has 0 spiro atoms. The normalized spacial score (nSPS) is 12.3. The summed E-state index contributed by atoms with van der Waals surface area (Å²) >= 11 is 0. The molecule has 0 bridgehead atoms. The third-order valence-electron chi connectivity index (χ3n) is 4.30. The average Bonchev–Trinajstić information content (AvgIpc) is 2.91. The monoisotopic (exact) mass is 340 g/mol. The van der Waals surface area contributed by atoms with Gasteiger partial charge >= 0.3 is 0 Å². The molecule has 1 amide bonds. The van der Waals surface area contributed by atoms with Crippen molar-refractivity contribution in [3.63, 3.8) is 0 Å². The summed E-state index contributed by atoms with van der Waals surface area (Å²) in [6, 6.07) is 11.4. The first kappa shape index (κ1) is 17.1. The van der Waals surface area contributed by atoms with Gasteiger partial charge in [-0.25, -0.2) is 9.37 Å². The summed E-state index contributed by atoms with van der Waals surface area (Å²) in [6.07, 6.45) is 0.541. The quantitative estimate of drug-likeness (QED) is 0.749. The summed E-state index contributed by atoms with van der Waals surface area (Å²) < 4.78 is 15.2. The van der Waals surface area contributed by atoms with Crippen LogP contribution in [0.1, 0.15) is 23.0 Å². The van der Waals surface area contributed by atoms with Crippen LogP contribution in [0, 0.1) is 12.7 Å². The Morgan fingerprint density at radius 2 is 2.00 bits per heavy atom. The molecule has 0 radical (unpaired) electrons. The van der Waals surface area contributed by atoms with Gasteiger partial charge in [0.15, 0.2) is 0 Å². The van der Waals surface area contributed by atoms with Gasteiger partial charge < -0.3 is 15.6 Å². The number of nitrogens with zero attached hydrogens (tertiary/aromatic N) is 2. The summed E-state index contributed by atoms with van der Waals surface area (Å²) in [7, 11) is 1.84. The van der Waals surface area contributed by atoms with Crippen LogP contribution in [0.25, 0.3) is 11.0 Å². The van der Waals surface area contributed by atoms with E-state index in [9.17, 15) is 9.18 Å². The van der Waals surface area contributed by atoms with Crippen molar-refractivity contribution in [1.82, 2.24) is 14.9 Å². The van der Waals surface area contributed by atoms with Gasteiger partial charge in [-0.3, -0.25) is 4.79 Å². The largest absolute Gasteiger partial charge is 0.354 e. The number of nitrogens with one attached hydrogen (secondary N) is 1. The highest BCUT2D eigenvalue weighted by atomic mass is 19.1. The third kappa shape index (κ3) is 3.69. The summed E-state index contributed by atoms with van der Waals surface area (Å²) in [5, 5.41) is 2.84. The van der Waals surface area contributed by atoms with Crippen molar-refractivity contribution in [2.75, 3.05) is 6.54 Å². The number of aromatic nitrogens is 2. The Balaban J connectivity index is 1.61. The molecule has 2 aromatic carbocycles. The molecule has 0 aliphatic heterocycles. The minimum atomic E-state index is -0.699. The van der Waals surface area contributed by atoms with E-state index in [0.29, 0.717) is 13.0 Å². The molecule has 0 saturated carbocycles. The van der Waals surface area contributed by atoms with Crippen molar-refractivity contribution >= 4 is 16.9 Å². The first-order chi connectivity index (χ1) is 12.0. The molecule has 3 N–H and O–H groups in total. The molecule has 3 rings (SSSR count). The topological polar surface area (TPSA) is 72.9 Å². The lowest BCUT2D eigenvalue weighted by molar-refractivity contribution is -0.122. The van der Waals surface area contributed by atoms with E-state index in [1.807, 2.05) is 42.8 Å². The van der Waals surface area contributed by atoms with Crippen LogP contribution in [0.3, 0.4) is 0 Å². The maximum absolute atomic E-state index is 13.3. The van der Waals surface area contributed by atoms with Gasteiger partial charge in [-0.1, -0.05) is 29.8 Å². The van der Waals surface area contributed by atoms with E-state index in [0.717, 1.165) is 28.0 Å². The van der Waals surface area contributed by atoms with E-state index in [1.54, 1.807) is 6.07 Å². The van der Waals surface area contributed by atoms with Crippen LogP contribution in [-0.4, -0.2) is 22.0 Å². The number of aryl methyl sites for hydroxylation is 2. The average molecular weight is 340 g/mol. The zero-order valence-corrected chi connectivity index (χ0v) is 14.3. The van der Waals surface area contributed by atoms with Crippen LogP contribution in [0.15, 0.2) is 42.5 Å². The van der Waals surface area contributed by atoms with Gasteiger partial charge in [-0.15, -0.1) is 0 Å². The van der Waals surface area contributed by atoms with E-state index >= 15 is 0 Å². The van der Waals surface area contributed by atoms with E-state index in [-0.39, 0.29) is 11.7 Å². The first-order valence-electron chi connectivity index (χ1n) is 8.16. The molecule has 0 fully saturated rings. The molecule has 6 heteroatoms. The van der Waals surface area contributed by atoms with Gasteiger partial charge in [0.05, 0.1) is 11.0 Å². The first-order valence-corrected chi connectivity index (χ1v) is 8.16. The van der Waals surface area contributed by atoms with E-state index in [4.69, 9.17) is 5.73 Å². The van der Waals surface area contributed by atoms with Gasteiger partial charge in [0, 0.05) is 20.0 Å². The van der Waals surface area contributed by atoms with Crippen molar-refractivity contribution < 1.29 is 9.18 Å². The van der Waals surface area contributed by atoms with Crippen LogP contribution < -0.4 is 11.1 Å². The Labute approximate surface area is 145 Å². The predicted molar refractivity (Wildman–Crippen MR) is 95.5 cm³/mol. The van der Waals surface area contributed by atoms with Crippen molar-refractivity contribution in [2.45, 2.75) is 19.4 Å². The number of fused-ring (bicyclic) bond motifs is 1. The Morgan fingerprint density at radius 3 is 2.72 bits per heavy atom. The number of carbonyl (C=O) groups excluding carboxylic acids is 1. The fourth-order valence-electron chi connectivity index (χ4n) is 2.77. The van der Waals surface area contributed by atoms with E-state index in [2.05, 4.69) is 10.3 Å². The van der Waals surface area contributed by atoms with Gasteiger partial charge in [-0.2, -0.15) is 0 Å². The van der Waals surface area contributed by atoms with Crippen LogP contribution in [0.4, 0.5) is 4.39 Å². The Hall–Kier alpha value is -2.73. The van der Waals surface area contributed by atoms with Crippen LogP contribution in [0.5, 0.6) is 0 Å². The highest BCUT2D eigenvalue weighted by Gasteiger charge is 2.15. The smallest absolute Gasteiger partial charge is 0.241 e. The summed E-state index contributed by atoms with van der Waals surface area (Å²) in [5.41, 5.74) is 9.37. The fourth-order valence-corrected chi connectivity index (χ4v) is 2.77. The second-order valence-corrected chi connectivity index (χ2v) is 6.15. The van der Waals surface area contributed by atoms with Crippen LogP contribution >= 0.6 is 0 Å². The molecule has 0 aliphatic carbocycles. The number of halogens is 1. The molecular formula is C19H21FN4O. The molecular weight excluding hydrogens is 319 g/mol. The Morgan fingerprint density at radius 1 is 1.28 bits per heavy atom. The second kappa shape index (κ2) is 7.03. The number of imidazole rings is 1. The standard InChI is InChI=1S/C19H21FN4O/c1-12-3-5-13(6-4-12)18(21)19(25)22-10-9-17-23-15-8-7-14(20)11-16(15)24(17)2/h3-8,11,18H,9-10,21H2,1-2H3,(H,22,25). The molecule has 25 heavy (non-hydrogen) atoms. The molecule has 1 heterocycles. The van der Waals surface area contributed by atoms with Crippen molar-refractivity contribution in [3.05, 3.63) is 65.2 Å². The Bertz CT molecular complexity index is 902. The highest BCUT2D eigenvalue weighted by Crippen LogP contribution is 2.16. The molecule has 5 nitrogen and oxygen atoms in total. The van der Waals surface area contributed by atoms with E-state index < -0.39 is 6.04 Å². The number of hydrogen-bond donors (Lipinski definition) is 2. The lowest BCUT2D eigenvalue weighted by Gasteiger charge is -2.13. The van der Waals surface area contributed by atoms with Gasteiger partial charge in [0.25, 0.3) is 0 Å². The number of amides is 1. The minimum Gasteiger partial charge on any atom is -0.354 e. The fraction of sp³-hybridized carbons (Fsp3) is 0.263. The van der Waals surface area contributed by atoms with Crippen LogP contribution in [0.2, 0.25) is 0 Å². The Kier molecular flexibility index (Phi) is 4.81. The summed E-state index contributed by atoms with van der Waals surface area (Å²) in [4.78, 5) is 16.7. The van der Waals surface area contributed by atoms with Crippen molar-refractivity contribution in [2.24, 2.45) is 12.8 Å². The van der Waals surface area contributed by atoms with Crippen molar-refractivity contribution in [1.29, 1.82) is 0 Å². The lowest BCUT2D eigenvalue weighted by atomic mass is 10.1. The SMILES string of the molecule is Cc1ccc(C(N)C(=O)NCCc2nc3ccc(F)cc3n2C)cc1. The van der Waals surface area contributed by atoms with E-state index in [1.165, 1.54) is 12.1 Å². The maximum Gasteiger partial charge on any atom is 0.241 e. The summed E-state index contributed by atoms with van der Waals surface area (Å²) in [5.74, 6) is 0.262. The zero-order valence-electron chi connectivity index (χ0n) is 14.3. The number of carbonyl (C=O) groups is 1. The molecule has 130 valence electrons. The van der Waals surface area contributed by atoms with Gasteiger partial charge in [0.2, 0.25) is 5.91 Å². The number of rotatable bonds is 5. The summed E-state index contributed by atoms with van der Waals surface area (Å²) in [6.45, 7) is 2.40. The highest BCUT2D eigenvalue weighted by molar-refractivity contribution is 5.83. The molecule has 1 atom stereocenters. The lowest BCUT2D eigenvalue weighted by Crippen LogP contribution is -2.35. The predicted octanol–water partition coefficient (Wildman–Crippen LogP) is 2.38. The molecule has 0 aliphatic rings. The van der Waals surface area contributed by atoms with Gasteiger partial charge in [0.1, 0.15) is 17.7 Å².